The average Bonchev–Trinajstić information content (AvgIpc) is 3.04. The third kappa shape index (κ3) is 2.63. The molecular formula is C21H18N4O. The number of hydrogen-bond acceptors (Lipinski definition) is 4. The van der Waals surface area contributed by atoms with Crippen molar-refractivity contribution in [3.63, 3.8) is 0 Å². The summed E-state index contributed by atoms with van der Waals surface area (Å²) in [6, 6.07) is 19.3. The van der Waals surface area contributed by atoms with E-state index in [1.54, 1.807) is 6.07 Å². The van der Waals surface area contributed by atoms with Crippen molar-refractivity contribution >= 4 is 22.6 Å². The monoisotopic (exact) mass is 342 g/mol. The molecule has 0 fully saturated rings. The summed E-state index contributed by atoms with van der Waals surface area (Å²) in [5, 5.41) is 6.22. The number of fused-ring (bicyclic) bond motifs is 1. The third-order valence-electron chi connectivity index (χ3n) is 4.61. The Labute approximate surface area is 151 Å². The number of nitrogens with zero attached hydrogens (tertiary/aromatic N) is 3. The molecule has 128 valence electrons. The van der Waals surface area contributed by atoms with E-state index >= 15 is 0 Å². The molecule has 0 bridgehead atoms. The van der Waals surface area contributed by atoms with Gasteiger partial charge in [0.1, 0.15) is 0 Å². The van der Waals surface area contributed by atoms with Crippen molar-refractivity contribution in [2.24, 2.45) is 0 Å². The molecule has 0 aliphatic heterocycles. The van der Waals surface area contributed by atoms with Gasteiger partial charge in [0.2, 0.25) is 5.95 Å². The highest BCUT2D eigenvalue weighted by Gasteiger charge is 2.18. The van der Waals surface area contributed by atoms with E-state index in [1.807, 2.05) is 68.4 Å². The zero-order valence-corrected chi connectivity index (χ0v) is 14.6. The van der Waals surface area contributed by atoms with Gasteiger partial charge >= 0.3 is 0 Å². The highest BCUT2D eigenvalue weighted by Crippen LogP contribution is 2.23. The number of nitrogens with two attached hydrogens (primary N) is 1. The Balaban J connectivity index is 1.79. The first-order valence-electron chi connectivity index (χ1n) is 8.37. The number of anilines is 1. The summed E-state index contributed by atoms with van der Waals surface area (Å²) in [4.78, 5) is 17.3. The summed E-state index contributed by atoms with van der Waals surface area (Å²) in [5.41, 5.74) is 9.71. The van der Waals surface area contributed by atoms with Crippen LogP contribution in [0.25, 0.3) is 22.2 Å². The molecule has 1 aromatic heterocycles. The van der Waals surface area contributed by atoms with Gasteiger partial charge in [0.15, 0.2) is 5.82 Å². The molecular weight excluding hydrogens is 324 g/mol. The molecule has 0 amide bonds. The lowest BCUT2D eigenvalue weighted by Crippen LogP contribution is -2.16. The molecule has 4 aromatic rings. The minimum absolute atomic E-state index is 0.0798. The molecule has 0 spiro atoms. The maximum atomic E-state index is 13.0. The Morgan fingerprint density at radius 2 is 1.73 bits per heavy atom. The highest BCUT2D eigenvalue weighted by atomic mass is 16.2. The fourth-order valence-electron chi connectivity index (χ4n) is 3.00. The molecule has 5 heteroatoms. The van der Waals surface area contributed by atoms with Crippen LogP contribution in [-0.2, 0) is 0 Å². The van der Waals surface area contributed by atoms with E-state index in [9.17, 15) is 4.79 Å². The standard InChI is InChI=1S/C21H18N4O/c1-13-10-11-16(12-14(13)2)19-23-21(22)25(24-19)20(26)18-9-5-7-15-6-3-4-8-17(15)18/h3-12H,1-2H3,(H2,22,23,24). The van der Waals surface area contributed by atoms with Crippen LogP contribution in [0.4, 0.5) is 5.95 Å². The van der Waals surface area contributed by atoms with Crippen LogP contribution in [0.3, 0.4) is 0 Å². The van der Waals surface area contributed by atoms with Crippen molar-refractivity contribution in [1.82, 2.24) is 14.8 Å². The van der Waals surface area contributed by atoms with Crippen LogP contribution in [-0.4, -0.2) is 20.7 Å². The van der Waals surface area contributed by atoms with Gasteiger partial charge in [-0.3, -0.25) is 4.79 Å². The Hall–Kier alpha value is -3.47. The maximum absolute atomic E-state index is 13.0. The van der Waals surface area contributed by atoms with Gasteiger partial charge in [-0.25, -0.2) is 0 Å². The molecule has 0 atom stereocenters. The number of aryl methyl sites for hydroxylation is 2. The maximum Gasteiger partial charge on any atom is 0.282 e. The topological polar surface area (TPSA) is 73.8 Å². The SMILES string of the molecule is Cc1ccc(-c2nc(N)n(C(=O)c3cccc4ccccc34)n2)cc1C. The largest absolute Gasteiger partial charge is 0.368 e. The number of carbonyl (C=O) groups is 1. The van der Waals surface area contributed by atoms with E-state index in [0.29, 0.717) is 11.4 Å². The van der Waals surface area contributed by atoms with E-state index in [4.69, 9.17) is 5.73 Å². The van der Waals surface area contributed by atoms with Crippen molar-refractivity contribution in [3.8, 4) is 11.4 Å². The summed E-state index contributed by atoms with van der Waals surface area (Å²) < 4.78 is 1.17. The molecule has 0 saturated heterocycles. The van der Waals surface area contributed by atoms with Gasteiger partial charge in [-0.2, -0.15) is 9.67 Å². The summed E-state index contributed by atoms with van der Waals surface area (Å²) >= 11 is 0. The lowest BCUT2D eigenvalue weighted by molar-refractivity contribution is 0.0949. The first-order chi connectivity index (χ1) is 12.5. The second-order valence-electron chi connectivity index (χ2n) is 6.34. The van der Waals surface area contributed by atoms with Gasteiger partial charge in [-0.15, -0.1) is 5.10 Å². The second kappa shape index (κ2) is 6.11. The molecule has 1 heterocycles. The van der Waals surface area contributed by atoms with Gasteiger partial charge in [0.05, 0.1) is 0 Å². The minimum Gasteiger partial charge on any atom is -0.368 e. The normalized spacial score (nSPS) is 11.0. The van der Waals surface area contributed by atoms with Crippen molar-refractivity contribution in [1.29, 1.82) is 0 Å². The van der Waals surface area contributed by atoms with Crippen molar-refractivity contribution < 1.29 is 4.79 Å². The summed E-state index contributed by atoms with van der Waals surface area (Å²) in [6.07, 6.45) is 0. The average molecular weight is 342 g/mol. The van der Waals surface area contributed by atoms with Crippen LogP contribution in [0.5, 0.6) is 0 Å². The molecule has 0 saturated carbocycles. The number of carbonyl (C=O) groups excluding carboxylic acids is 1. The molecule has 4 rings (SSSR count). The van der Waals surface area contributed by atoms with Crippen LogP contribution >= 0.6 is 0 Å². The van der Waals surface area contributed by atoms with Gasteiger partial charge in [0, 0.05) is 11.1 Å². The molecule has 5 nitrogen and oxygen atoms in total. The van der Waals surface area contributed by atoms with Gasteiger partial charge in [0.25, 0.3) is 5.91 Å². The van der Waals surface area contributed by atoms with Crippen molar-refractivity contribution in [2.45, 2.75) is 13.8 Å². The Bertz CT molecular complexity index is 1140. The van der Waals surface area contributed by atoms with Gasteiger partial charge in [-0.05, 0) is 47.9 Å². The minimum atomic E-state index is -0.290. The lowest BCUT2D eigenvalue weighted by Gasteiger charge is -2.06. The van der Waals surface area contributed by atoms with Crippen LogP contribution in [0, 0.1) is 13.8 Å². The van der Waals surface area contributed by atoms with Crippen LogP contribution in [0.1, 0.15) is 21.5 Å². The van der Waals surface area contributed by atoms with Gasteiger partial charge in [-0.1, -0.05) is 48.5 Å². The number of hydrogen-bond donors (Lipinski definition) is 1. The molecule has 0 radical (unpaired) electrons. The fraction of sp³-hybridized carbons (Fsp3) is 0.0952. The second-order valence-corrected chi connectivity index (χ2v) is 6.34. The van der Waals surface area contributed by atoms with E-state index in [0.717, 1.165) is 21.9 Å². The van der Waals surface area contributed by atoms with Crippen LogP contribution < -0.4 is 5.73 Å². The quantitative estimate of drug-likeness (QED) is 0.598. The molecule has 0 aliphatic carbocycles. The number of benzene rings is 3. The Morgan fingerprint density at radius 3 is 2.54 bits per heavy atom. The van der Waals surface area contributed by atoms with Crippen molar-refractivity contribution in [2.75, 3.05) is 5.73 Å². The Morgan fingerprint density at radius 1 is 0.962 bits per heavy atom. The van der Waals surface area contributed by atoms with E-state index in [2.05, 4.69) is 10.1 Å². The predicted molar refractivity (Wildman–Crippen MR) is 103 cm³/mol. The molecule has 2 N–H and O–H groups in total. The fourth-order valence-corrected chi connectivity index (χ4v) is 3.00. The summed E-state index contributed by atoms with van der Waals surface area (Å²) in [6.45, 7) is 4.07. The van der Waals surface area contributed by atoms with E-state index in [1.165, 1.54) is 10.2 Å². The molecule has 0 aliphatic rings. The number of aromatic nitrogens is 3. The van der Waals surface area contributed by atoms with Crippen LogP contribution in [0.2, 0.25) is 0 Å². The summed E-state index contributed by atoms with van der Waals surface area (Å²) in [7, 11) is 0. The first kappa shape index (κ1) is 16.0. The molecule has 0 unspecified atom stereocenters. The number of rotatable bonds is 2. The zero-order valence-electron chi connectivity index (χ0n) is 14.6. The number of nitrogen functional groups attached to an aromatic ring is 1. The van der Waals surface area contributed by atoms with Crippen LogP contribution in [0.15, 0.2) is 60.7 Å². The lowest BCUT2D eigenvalue weighted by atomic mass is 10.0. The van der Waals surface area contributed by atoms with Gasteiger partial charge < -0.3 is 5.73 Å². The molecule has 3 aromatic carbocycles. The predicted octanol–water partition coefficient (Wildman–Crippen LogP) is 3.99. The van der Waals surface area contributed by atoms with Crippen molar-refractivity contribution in [3.05, 3.63) is 77.4 Å². The Kier molecular flexibility index (Phi) is 3.77. The first-order valence-corrected chi connectivity index (χ1v) is 8.37. The smallest absolute Gasteiger partial charge is 0.282 e. The van der Waals surface area contributed by atoms with E-state index in [-0.39, 0.29) is 11.9 Å². The summed E-state index contributed by atoms with van der Waals surface area (Å²) in [5.74, 6) is 0.234. The zero-order chi connectivity index (χ0) is 18.3. The highest BCUT2D eigenvalue weighted by molar-refractivity contribution is 6.08. The van der Waals surface area contributed by atoms with E-state index < -0.39 is 0 Å². The third-order valence-corrected chi connectivity index (χ3v) is 4.61. The molecule has 26 heavy (non-hydrogen) atoms.